The van der Waals surface area contributed by atoms with E-state index in [4.69, 9.17) is 4.43 Å². The smallest absolute Gasteiger partial charge is 0.192 e. The SMILES string of the molecule is CC(C)(C)[Si](C)(C)O[C@H]1CC[C@H]2C(=O)CCC[C@]12C. The zero-order valence-electron chi connectivity index (χ0n) is 13.5. The number of hydrogen-bond acceptors (Lipinski definition) is 2. The van der Waals surface area contributed by atoms with E-state index in [1.807, 2.05) is 0 Å². The van der Waals surface area contributed by atoms with Gasteiger partial charge in [0, 0.05) is 17.8 Å². The second-order valence-electron chi connectivity index (χ2n) is 8.32. The molecule has 0 aromatic carbocycles. The number of carbonyl (C=O) groups is 1. The fourth-order valence-corrected chi connectivity index (χ4v) is 5.06. The van der Waals surface area contributed by atoms with Crippen LogP contribution in [0.5, 0.6) is 0 Å². The van der Waals surface area contributed by atoms with Crippen LogP contribution in [-0.2, 0) is 9.22 Å². The molecule has 0 radical (unpaired) electrons. The van der Waals surface area contributed by atoms with Gasteiger partial charge >= 0.3 is 0 Å². The summed E-state index contributed by atoms with van der Waals surface area (Å²) >= 11 is 0. The first-order chi connectivity index (χ1) is 8.58. The van der Waals surface area contributed by atoms with Crippen molar-refractivity contribution < 1.29 is 9.22 Å². The minimum atomic E-state index is -1.73. The van der Waals surface area contributed by atoms with E-state index in [0.29, 0.717) is 11.9 Å². The monoisotopic (exact) mass is 282 g/mol. The largest absolute Gasteiger partial charge is 0.413 e. The summed E-state index contributed by atoms with van der Waals surface area (Å²) in [4.78, 5) is 12.1. The minimum Gasteiger partial charge on any atom is -0.413 e. The predicted molar refractivity (Wildman–Crippen MR) is 81.8 cm³/mol. The highest BCUT2D eigenvalue weighted by molar-refractivity contribution is 6.74. The molecule has 3 atom stereocenters. The molecular formula is C16H30O2Si. The number of ketones is 1. The van der Waals surface area contributed by atoms with Crippen LogP contribution in [0.4, 0.5) is 0 Å². The van der Waals surface area contributed by atoms with Gasteiger partial charge in [0.25, 0.3) is 0 Å². The summed E-state index contributed by atoms with van der Waals surface area (Å²) in [6.45, 7) is 13.8. The minimum absolute atomic E-state index is 0.116. The summed E-state index contributed by atoms with van der Waals surface area (Å²) in [5.74, 6) is 0.770. The third kappa shape index (κ3) is 2.56. The van der Waals surface area contributed by atoms with E-state index in [2.05, 4.69) is 40.8 Å². The lowest BCUT2D eigenvalue weighted by Gasteiger charge is -2.45. The van der Waals surface area contributed by atoms with Crippen LogP contribution in [0.3, 0.4) is 0 Å². The van der Waals surface area contributed by atoms with Crippen LogP contribution >= 0.6 is 0 Å². The lowest BCUT2D eigenvalue weighted by atomic mass is 9.68. The Morgan fingerprint density at radius 2 is 1.89 bits per heavy atom. The molecule has 0 aliphatic heterocycles. The topological polar surface area (TPSA) is 26.3 Å². The lowest BCUT2D eigenvalue weighted by molar-refractivity contribution is -0.130. The molecule has 0 amide bonds. The maximum atomic E-state index is 12.1. The molecular weight excluding hydrogens is 252 g/mol. The summed E-state index contributed by atoms with van der Waals surface area (Å²) in [6.07, 6.45) is 5.47. The zero-order valence-corrected chi connectivity index (χ0v) is 14.5. The highest BCUT2D eigenvalue weighted by Gasteiger charge is 2.54. The van der Waals surface area contributed by atoms with Crippen LogP contribution in [0.25, 0.3) is 0 Å². The van der Waals surface area contributed by atoms with Crippen LogP contribution in [0.1, 0.15) is 59.8 Å². The standard InChI is InChI=1S/C16H30O2Si/c1-15(2,3)19(5,6)18-14-10-9-12-13(17)8-7-11-16(12,14)4/h12,14H,7-11H2,1-6H3/t12-,14-,16-/m0/s1. The number of carbonyl (C=O) groups excluding carboxylic acids is 1. The van der Waals surface area contributed by atoms with E-state index in [-0.39, 0.29) is 16.4 Å². The van der Waals surface area contributed by atoms with Crippen LogP contribution in [0.15, 0.2) is 0 Å². The van der Waals surface area contributed by atoms with Gasteiger partial charge in [0.2, 0.25) is 0 Å². The average molecular weight is 282 g/mol. The van der Waals surface area contributed by atoms with E-state index >= 15 is 0 Å². The van der Waals surface area contributed by atoms with Gasteiger partial charge in [-0.2, -0.15) is 0 Å². The number of rotatable bonds is 2. The molecule has 3 heteroatoms. The normalized spacial score (nSPS) is 36.4. The Balaban J connectivity index is 2.17. The first-order valence-electron chi connectivity index (χ1n) is 7.78. The van der Waals surface area contributed by atoms with Gasteiger partial charge in [0.1, 0.15) is 5.78 Å². The summed E-state index contributed by atoms with van der Waals surface area (Å²) in [5.41, 5.74) is 0.116. The fourth-order valence-electron chi connectivity index (χ4n) is 3.61. The van der Waals surface area contributed by atoms with Crippen molar-refractivity contribution in [2.24, 2.45) is 11.3 Å². The van der Waals surface area contributed by atoms with E-state index < -0.39 is 8.32 Å². The summed E-state index contributed by atoms with van der Waals surface area (Å²) in [7, 11) is -1.73. The Morgan fingerprint density at radius 3 is 2.47 bits per heavy atom. The maximum Gasteiger partial charge on any atom is 0.192 e. The van der Waals surface area contributed by atoms with Gasteiger partial charge in [-0.05, 0) is 43.8 Å². The van der Waals surface area contributed by atoms with Gasteiger partial charge in [-0.25, -0.2) is 0 Å². The van der Waals surface area contributed by atoms with Crippen molar-refractivity contribution in [3.63, 3.8) is 0 Å². The van der Waals surface area contributed by atoms with E-state index in [1.54, 1.807) is 0 Å². The van der Waals surface area contributed by atoms with Crippen LogP contribution in [0, 0.1) is 11.3 Å². The number of hydrogen-bond donors (Lipinski definition) is 0. The predicted octanol–water partition coefficient (Wildman–Crippen LogP) is 4.55. The second-order valence-corrected chi connectivity index (χ2v) is 13.1. The van der Waals surface area contributed by atoms with E-state index in [1.165, 1.54) is 6.42 Å². The number of fused-ring (bicyclic) bond motifs is 1. The van der Waals surface area contributed by atoms with Crippen LogP contribution in [-0.4, -0.2) is 20.2 Å². The molecule has 0 saturated heterocycles. The molecule has 2 aliphatic carbocycles. The van der Waals surface area contributed by atoms with Gasteiger partial charge in [-0.3, -0.25) is 4.79 Å². The van der Waals surface area contributed by atoms with Gasteiger partial charge in [-0.15, -0.1) is 0 Å². The molecule has 0 spiro atoms. The summed E-state index contributed by atoms with van der Waals surface area (Å²) in [5, 5.41) is 0.250. The zero-order chi connectivity index (χ0) is 14.5. The Bertz CT molecular complexity index is 369. The molecule has 0 N–H and O–H groups in total. The molecule has 2 fully saturated rings. The molecule has 0 aromatic rings. The highest BCUT2D eigenvalue weighted by Crippen LogP contribution is 2.53. The van der Waals surface area contributed by atoms with Crippen molar-refractivity contribution in [2.75, 3.05) is 0 Å². The third-order valence-corrected chi connectivity index (χ3v) is 10.5. The first-order valence-corrected chi connectivity index (χ1v) is 10.7. The van der Waals surface area contributed by atoms with Gasteiger partial charge in [0.05, 0.1) is 6.10 Å². The quantitative estimate of drug-likeness (QED) is 0.695. The molecule has 2 saturated carbocycles. The van der Waals surface area contributed by atoms with Crippen molar-refractivity contribution in [1.82, 2.24) is 0 Å². The Morgan fingerprint density at radius 1 is 1.26 bits per heavy atom. The maximum absolute atomic E-state index is 12.1. The van der Waals surface area contributed by atoms with Crippen molar-refractivity contribution in [1.29, 1.82) is 0 Å². The molecule has 110 valence electrons. The molecule has 0 heterocycles. The van der Waals surface area contributed by atoms with Crippen LogP contribution in [0.2, 0.25) is 18.1 Å². The Kier molecular flexibility index (Phi) is 3.77. The highest BCUT2D eigenvalue weighted by atomic mass is 28.4. The van der Waals surface area contributed by atoms with Crippen molar-refractivity contribution in [3.05, 3.63) is 0 Å². The average Bonchev–Trinajstić information content (AvgIpc) is 2.55. The summed E-state index contributed by atoms with van der Waals surface area (Å²) in [6, 6.07) is 0. The van der Waals surface area contributed by atoms with Crippen molar-refractivity contribution in [3.8, 4) is 0 Å². The molecule has 2 nitrogen and oxygen atoms in total. The van der Waals surface area contributed by atoms with Crippen LogP contribution < -0.4 is 0 Å². The van der Waals surface area contributed by atoms with Gasteiger partial charge in [0.15, 0.2) is 8.32 Å². The van der Waals surface area contributed by atoms with Gasteiger partial charge in [-0.1, -0.05) is 27.7 Å². The number of Topliss-reactive ketones (excluding diaryl/α,β-unsaturated/α-hetero) is 1. The van der Waals surface area contributed by atoms with Crippen molar-refractivity contribution >= 4 is 14.1 Å². The fraction of sp³-hybridized carbons (Fsp3) is 0.938. The van der Waals surface area contributed by atoms with Gasteiger partial charge < -0.3 is 4.43 Å². The molecule has 0 unspecified atom stereocenters. The molecule has 2 aliphatic rings. The summed E-state index contributed by atoms with van der Waals surface area (Å²) < 4.78 is 6.67. The molecule has 0 bridgehead atoms. The Labute approximate surface area is 119 Å². The van der Waals surface area contributed by atoms with E-state index in [0.717, 1.165) is 25.7 Å². The third-order valence-electron chi connectivity index (χ3n) is 6.02. The Hall–Kier alpha value is -0.153. The van der Waals surface area contributed by atoms with Crippen molar-refractivity contribution in [2.45, 2.75) is 84.0 Å². The lowest BCUT2D eigenvalue weighted by Crippen LogP contribution is -2.49. The second kappa shape index (κ2) is 4.69. The first kappa shape index (κ1) is 15.2. The molecule has 0 aromatic heterocycles. The molecule has 19 heavy (non-hydrogen) atoms. The van der Waals surface area contributed by atoms with E-state index in [9.17, 15) is 4.79 Å². The molecule has 2 rings (SSSR count).